The molecule has 2 aromatic carbocycles. The highest BCUT2D eigenvalue weighted by Gasteiger charge is 2.30. The van der Waals surface area contributed by atoms with E-state index in [0.717, 1.165) is 29.8 Å². The first kappa shape index (κ1) is 22.5. The third-order valence-electron chi connectivity index (χ3n) is 6.01. The van der Waals surface area contributed by atoms with Crippen LogP contribution in [0.25, 0.3) is 16.6 Å². The van der Waals surface area contributed by atoms with E-state index in [2.05, 4.69) is 15.5 Å². The summed E-state index contributed by atoms with van der Waals surface area (Å²) in [6.45, 7) is 3.59. The maximum Gasteiger partial charge on any atom is 0.340 e. The Kier molecular flexibility index (Phi) is 5.90. The number of hydrogen-bond acceptors (Lipinski definition) is 6. The van der Waals surface area contributed by atoms with E-state index >= 15 is 0 Å². The minimum absolute atomic E-state index is 0.221. The number of rotatable bonds is 7. The molecule has 0 bridgehead atoms. The number of amides is 1. The zero-order chi connectivity index (χ0) is 24.5. The molecule has 0 unspecified atom stereocenters. The lowest BCUT2D eigenvalue weighted by Gasteiger charge is -2.13. The summed E-state index contributed by atoms with van der Waals surface area (Å²) in [5, 5.41) is 12.5. The fraction of sp³-hybridized carbons (Fsp3) is 0.269. The van der Waals surface area contributed by atoms with Crippen molar-refractivity contribution in [1.82, 2.24) is 19.6 Å². The van der Waals surface area contributed by atoms with Crippen LogP contribution in [-0.2, 0) is 16.1 Å². The number of nitrogens with zero attached hydrogens (tertiary/aromatic N) is 4. The fourth-order valence-electron chi connectivity index (χ4n) is 4.15. The van der Waals surface area contributed by atoms with E-state index in [0.29, 0.717) is 16.6 Å². The molecule has 1 amide bonds. The van der Waals surface area contributed by atoms with E-state index < -0.39 is 17.4 Å². The van der Waals surface area contributed by atoms with Crippen LogP contribution in [0.15, 0.2) is 59.5 Å². The van der Waals surface area contributed by atoms with Gasteiger partial charge in [-0.3, -0.25) is 9.59 Å². The third-order valence-corrected chi connectivity index (χ3v) is 6.01. The standard InChI is InChI=1S/C26H25N5O4/c1-3-35-26(34)18-9-5-6-10-20(18)28-22(32)15-30-25(33)24-19(23(29-30)17-12-13-17)14-27-31(24)21-11-7-4-8-16(21)2/h4-11,14,17H,3,12-13,15H2,1-2H3,(H,28,32). The normalized spacial score (nSPS) is 13.1. The number of hydrogen-bond donors (Lipinski definition) is 1. The van der Waals surface area contributed by atoms with Gasteiger partial charge >= 0.3 is 5.97 Å². The van der Waals surface area contributed by atoms with Crippen LogP contribution in [0, 0.1) is 6.92 Å². The Morgan fingerprint density at radius 3 is 2.60 bits per heavy atom. The zero-order valence-corrected chi connectivity index (χ0v) is 19.5. The van der Waals surface area contributed by atoms with E-state index in [-0.39, 0.29) is 24.6 Å². The quantitative estimate of drug-likeness (QED) is 0.413. The summed E-state index contributed by atoms with van der Waals surface area (Å²) < 4.78 is 7.89. The molecule has 1 N–H and O–H groups in total. The van der Waals surface area contributed by atoms with Crippen LogP contribution in [-0.4, -0.2) is 38.0 Å². The number of fused-ring (bicyclic) bond motifs is 1. The number of ether oxygens (including phenoxy) is 1. The predicted octanol–water partition coefficient (Wildman–Crippen LogP) is 3.58. The molecule has 0 spiro atoms. The molecule has 0 aliphatic heterocycles. The average Bonchev–Trinajstić information content (AvgIpc) is 3.60. The molecule has 0 radical (unpaired) electrons. The molecule has 2 aromatic heterocycles. The van der Waals surface area contributed by atoms with Crippen LogP contribution < -0.4 is 10.9 Å². The van der Waals surface area contributed by atoms with Crippen molar-refractivity contribution >= 4 is 28.5 Å². The van der Waals surface area contributed by atoms with Gasteiger partial charge in [-0.2, -0.15) is 10.2 Å². The van der Waals surface area contributed by atoms with Gasteiger partial charge in [0.1, 0.15) is 12.1 Å². The van der Waals surface area contributed by atoms with Crippen LogP contribution in [0.2, 0.25) is 0 Å². The lowest BCUT2D eigenvalue weighted by molar-refractivity contribution is -0.117. The lowest BCUT2D eigenvalue weighted by atomic mass is 10.1. The molecule has 1 fully saturated rings. The number of benzene rings is 2. The van der Waals surface area contributed by atoms with Gasteiger partial charge in [0.2, 0.25) is 5.91 Å². The first-order valence-electron chi connectivity index (χ1n) is 11.6. The predicted molar refractivity (Wildman–Crippen MR) is 131 cm³/mol. The van der Waals surface area contributed by atoms with Gasteiger partial charge in [-0.25, -0.2) is 14.2 Å². The van der Waals surface area contributed by atoms with Gasteiger partial charge in [0.05, 0.1) is 35.4 Å². The van der Waals surface area contributed by atoms with Crippen molar-refractivity contribution in [3.05, 3.63) is 81.9 Å². The maximum absolute atomic E-state index is 13.5. The number of aromatic nitrogens is 4. The third kappa shape index (κ3) is 4.32. The average molecular weight is 472 g/mol. The molecule has 4 aromatic rings. The Bertz CT molecular complexity index is 1500. The Morgan fingerprint density at radius 2 is 1.86 bits per heavy atom. The Balaban J connectivity index is 1.52. The van der Waals surface area contributed by atoms with Crippen molar-refractivity contribution < 1.29 is 14.3 Å². The second-order valence-corrected chi connectivity index (χ2v) is 8.54. The second kappa shape index (κ2) is 9.17. The van der Waals surface area contributed by atoms with Crippen LogP contribution in [0.4, 0.5) is 5.69 Å². The number of carbonyl (C=O) groups is 2. The van der Waals surface area contributed by atoms with Crippen LogP contribution >= 0.6 is 0 Å². The topological polar surface area (TPSA) is 108 Å². The van der Waals surface area contributed by atoms with Gasteiger partial charge in [-0.1, -0.05) is 30.3 Å². The molecule has 1 aliphatic rings. The van der Waals surface area contributed by atoms with E-state index in [1.807, 2.05) is 31.2 Å². The molecule has 0 atom stereocenters. The molecule has 5 rings (SSSR count). The smallest absolute Gasteiger partial charge is 0.340 e. The molecular formula is C26H25N5O4. The molecular weight excluding hydrogens is 446 g/mol. The van der Waals surface area contributed by atoms with Crippen molar-refractivity contribution in [2.45, 2.75) is 39.2 Å². The van der Waals surface area contributed by atoms with Gasteiger partial charge in [0, 0.05) is 11.3 Å². The number of para-hydroxylation sites is 2. The van der Waals surface area contributed by atoms with Crippen molar-refractivity contribution in [2.75, 3.05) is 11.9 Å². The van der Waals surface area contributed by atoms with Crippen molar-refractivity contribution in [1.29, 1.82) is 0 Å². The van der Waals surface area contributed by atoms with Gasteiger partial charge in [0.25, 0.3) is 5.56 Å². The summed E-state index contributed by atoms with van der Waals surface area (Å²) >= 11 is 0. The summed E-state index contributed by atoms with van der Waals surface area (Å²) in [5.41, 5.74) is 3.11. The maximum atomic E-state index is 13.5. The van der Waals surface area contributed by atoms with Gasteiger partial charge in [-0.15, -0.1) is 0 Å². The molecule has 178 valence electrons. The van der Waals surface area contributed by atoms with E-state index in [4.69, 9.17) is 4.74 Å². The first-order valence-corrected chi connectivity index (χ1v) is 11.6. The van der Waals surface area contributed by atoms with Crippen molar-refractivity contribution in [3.8, 4) is 5.69 Å². The summed E-state index contributed by atoms with van der Waals surface area (Å²) in [4.78, 5) is 38.7. The first-order chi connectivity index (χ1) is 17.0. The molecule has 9 heteroatoms. The zero-order valence-electron chi connectivity index (χ0n) is 19.5. The SMILES string of the molecule is CCOC(=O)c1ccccc1NC(=O)Cn1nc(C2CC2)c2cnn(-c3ccccc3C)c2c1=O. The largest absolute Gasteiger partial charge is 0.462 e. The van der Waals surface area contributed by atoms with E-state index in [1.165, 1.54) is 4.68 Å². The summed E-state index contributed by atoms with van der Waals surface area (Å²) in [6, 6.07) is 14.3. The highest BCUT2D eigenvalue weighted by molar-refractivity contribution is 6.01. The highest BCUT2D eigenvalue weighted by Crippen LogP contribution is 2.41. The monoisotopic (exact) mass is 471 g/mol. The Hall–Kier alpha value is -4.27. The molecule has 9 nitrogen and oxygen atoms in total. The summed E-state index contributed by atoms with van der Waals surface area (Å²) in [7, 11) is 0. The minimum Gasteiger partial charge on any atom is -0.462 e. The highest BCUT2D eigenvalue weighted by atomic mass is 16.5. The minimum atomic E-state index is -0.529. The van der Waals surface area contributed by atoms with Crippen molar-refractivity contribution in [2.24, 2.45) is 0 Å². The van der Waals surface area contributed by atoms with Crippen molar-refractivity contribution in [3.63, 3.8) is 0 Å². The van der Waals surface area contributed by atoms with Gasteiger partial charge < -0.3 is 10.1 Å². The Morgan fingerprint density at radius 1 is 1.11 bits per heavy atom. The Labute approximate surface area is 201 Å². The number of aryl methyl sites for hydroxylation is 1. The molecule has 1 saturated carbocycles. The van der Waals surface area contributed by atoms with E-state index in [1.54, 1.807) is 42.1 Å². The number of carbonyl (C=O) groups excluding carboxylic acids is 2. The number of anilines is 1. The van der Waals surface area contributed by atoms with Crippen LogP contribution in [0.3, 0.4) is 0 Å². The molecule has 2 heterocycles. The van der Waals surface area contributed by atoms with Gasteiger partial charge in [0.15, 0.2) is 0 Å². The fourth-order valence-corrected chi connectivity index (χ4v) is 4.15. The summed E-state index contributed by atoms with van der Waals surface area (Å²) in [6.07, 6.45) is 3.65. The van der Waals surface area contributed by atoms with Crippen LogP contribution in [0.5, 0.6) is 0 Å². The molecule has 0 saturated heterocycles. The molecule has 35 heavy (non-hydrogen) atoms. The van der Waals surface area contributed by atoms with E-state index in [9.17, 15) is 14.4 Å². The molecule has 1 aliphatic carbocycles. The van der Waals surface area contributed by atoms with Gasteiger partial charge in [-0.05, 0) is 50.5 Å². The summed E-state index contributed by atoms with van der Waals surface area (Å²) in [5.74, 6) is -0.760. The lowest BCUT2D eigenvalue weighted by Crippen LogP contribution is -2.31. The number of esters is 1. The second-order valence-electron chi connectivity index (χ2n) is 8.54. The van der Waals surface area contributed by atoms with Crippen LogP contribution in [0.1, 0.15) is 47.3 Å². The number of nitrogens with one attached hydrogen (secondary N) is 1.